The van der Waals surface area contributed by atoms with Crippen molar-refractivity contribution >= 4 is 27.5 Å². The first kappa shape index (κ1) is 18.3. The van der Waals surface area contributed by atoms with E-state index in [1.807, 2.05) is 31.2 Å². The van der Waals surface area contributed by atoms with Crippen LogP contribution in [0.1, 0.15) is 30.9 Å². The number of benzene rings is 2. The third-order valence-electron chi connectivity index (χ3n) is 3.63. The van der Waals surface area contributed by atoms with Crippen molar-refractivity contribution in [1.29, 1.82) is 0 Å². The van der Waals surface area contributed by atoms with E-state index in [0.717, 1.165) is 21.3 Å². The summed E-state index contributed by atoms with van der Waals surface area (Å²) in [6.07, 6.45) is 0. The summed E-state index contributed by atoms with van der Waals surface area (Å²) in [6.45, 7) is 6.15. The van der Waals surface area contributed by atoms with Gasteiger partial charge in [0.2, 0.25) is 0 Å². The van der Waals surface area contributed by atoms with Crippen molar-refractivity contribution in [1.82, 2.24) is 0 Å². The average Bonchev–Trinajstić information content (AvgIpc) is 2.55. The lowest BCUT2D eigenvalue weighted by molar-refractivity contribution is -0.118. The third-order valence-corrected chi connectivity index (χ3v) is 4.48. The predicted molar refractivity (Wildman–Crippen MR) is 100 cm³/mol. The standard InChI is InChI=1S/C19H22BrNO3/c1-12(2)16-10-17(20)13(3)8-18(16)24-11-19(22)21-14-6-5-7-15(9-14)23-4/h5-10,12H,11H2,1-4H3,(H,21,22). The van der Waals surface area contributed by atoms with Crippen LogP contribution in [-0.4, -0.2) is 19.6 Å². The monoisotopic (exact) mass is 391 g/mol. The molecule has 0 unspecified atom stereocenters. The summed E-state index contributed by atoms with van der Waals surface area (Å²) < 4.78 is 11.9. The summed E-state index contributed by atoms with van der Waals surface area (Å²) in [7, 11) is 1.59. The molecule has 0 bridgehead atoms. The van der Waals surface area contributed by atoms with Crippen molar-refractivity contribution < 1.29 is 14.3 Å². The highest BCUT2D eigenvalue weighted by molar-refractivity contribution is 9.10. The molecule has 2 rings (SSSR count). The summed E-state index contributed by atoms with van der Waals surface area (Å²) >= 11 is 3.54. The van der Waals surface area contributed by atoms with Gasteiger partial charge in [0.05, 0.1) is 7.11 Å². The van der Waals surface area contributed by atoms with Gasteiger partial charge in [-0.05, 0) is 48.2 Å². The summed E-state index contributed by atoms with van der Waals surface area (Å²) in [6, 6.07) is 11.2. The molecule has 0 fully saturated rings. The second-order valence-corrected chi connectivity index (χ2v) is 6.72. The molecule has 0 saturated carbocycles. The zero-order valence-electron chi connectivity index (χ0n) is 14.4. The highest BCUT2D eigenvalue weighted by Gasteiger charge is 2.12. The van der Waals surface area contributed by atoms with Crippen molar-refractivity contribution in [3.63, 3.8) is 0 Å². The Morgan fingerprint density at radius 1 is 1.25 bits per heavy atom. The molecular weight excluding hydrogens is 370 g/mol. The Bertz CT molecular complexity index is 729. The quantitative estimate of drug-likeness (QED) is 0.760. The van der Waals surface area contributed by atoms with Crippen LogP contribution in [0, 0.1) is 6.92 Å². The zero-order chi connectivity index (χ0) is 17.7. The Morgan fingerprint density at radius 3 is 2.67 bits per heavy atom. The fourth-order valence-electron chi connectivity index (χ4n) is 2.29. The topological polar surface area (TPSA) is 47.6 Å². The van der Waals surface area contributed by atoms with Crippen molar-refractivity contribution in [2.75, 3.05) is 19.0 Å². The van der Waals surface area contributed by atoms with E-state index in [1.165, 1.54) is 0 Å². The molecule has 2 aromatic carbocycles. The molecule has 0 aliphatic heterocycles. The molecule has 0 aliphatic rings. The van der Waals surface area contributed by atoms with E-state index < -0.39 is 0 Å². The van der Waals surface area contributed by atoms with Crippen LogP contribution in [-0.2, 0) is 4.79 Å². The van der Waals surface area contributed by atoms with Gasteiger partial charge in [0, 0.05) is 16.2 Å². The minimum Gasteiger partial charge on any atom is -0.497 e. The first-order valence-electron chi connectivity index (χ1n) is 7.77. The Hall–Kier alpha value is -2.01. The highest BCUT2D eigenvalue weighted by atomic mass is 79.9. The number of carbonyl (C=O) groups excluding carboxylic acids is 1. The van der Waals surface area contributed by atoms with E-state index in [4.69, 9.17) is 9.47 Å². The lowest BCUT2D eigenvalue weighted by atomic mass is 10.0. The van der Waals surface area contributed by atoms with E-state index in [9.17, 15) is 4.79 Å². The SMILES string of the molecule is COc1cccc(NC(=O)COc2cc(C)c(Br)cc2C(C)C)c1. The van der Waals surface area contributed by atoms with Crippen LogP contribution in [0.3, 0.4) is 0 Å². The second kappa shape index (κ2) is 8.20. The van der Waals surface area contributed by atoms with Crippen molar-refractivity contribution in [2.24, 2.45) is 0 Å². The van der Waals surface area contributed by atoms with Crippen LogP contribution in [0.25, 0.3) is 0 Å². The van der Waals surface area contributed by atoms with Crippen LogP contribution in [0.2, 0.25) is 0 Å². The van der Waals surface area contributed by atoms with Gasteiger partial charge in [-0.3, -0.25) is 4.79 Å². The average molecular weight is 392 g/mol. The normalized spacial score (nSPS) is 10.6. The van der Waals surface area contributed by atoms with E-state index in [-0.39, 0.29) is 12.5 Å². The van der Waals surface area contributed by atoms with Gasteiger partial charge in [0.1, 0.15) is 11.5 Å². The Balaban J connectivity index is 2.04. The minimum absolute atomic E-state index is 0.0436. The van der Waals surface area contributed by atoms with Crippen molar-refractivity contribution in [3.05, 3.63) is 52.0 Å². The summed E-state index contributed by atoms with van der Waals surface area (Å²) in [4.78, 5) is 12.1. The molecular formula is C19H22BrNO3. The molecule has 1 amide bonds. The largest absolute Gasteiger partial charge is 0.497 e. The lowest BCUT2D eigenvalue weighted by Gasteiger charge is -2.16. The maximum atomic E-state index is 12.1. The first-order valence-corrected chi connectivity index (χ1v) is 8.56. The van der Waals surface area contributed by atoms with Gasteiger partial charge in [0.25, 0.3) is 5.91 Å². The summed E-state index contributed by atoms with van der Waals surface area (Å²) in [5.41, 5.74) is 2.82. The predicted octanol–water partition coefficient (Wildman–Crippen LogP) is 4.91. The van der Waals surface area contributed by atoms with Crippen molar-refractivity contribution in [3.8, 4) is 11.5 Å². The number of methoxy groups -OCH3 is 1. The minimum atomic E-state index is -0.210. The van der Waals surface area contributed by atoms with Crippen LogP contribution in [0.4, 0.5) is 5.69 Å². The molecule has 0 saturated heterocycles. The molecule has 0 aliphatic carbocycles. The number of ether oxygens (including phenoxy) is 2. The number of aryl methyl sites for hydroxylation is 1. The van der Waals surface area contributed by atoms with E-state index in [2.05, 4.69) is 41.2 Å². The molecule has 5 heteroatoms. The molecule has 1 N–H and O–H groups in total. The Labute approximate surface area is 151 Å². The van der Waals surface area contributed by atoms with Gasteiger partial charge in [0.15, 0.2) is 6.61 Å². The van der Waals surface area contributed by atoms with E-state index in [1.54, 1.807) is 13.2 Å². The van der Waals surface area contributed by atoms with Crippen LogP contribution in [0.5, 0.6) is 11.5 Å². The number of hydrogen-bond donors (Lipinski definition) is 1. The molecule has 128 valence electrons. The fraction of sp³-hybridized carbons (Fsp3) is 0.316. The number of halogens is 1. The van der Waals surface area contributed by atoms with E-state index >= 15 is 0 Å². The molecule has 0 heterocycles. The second-order valence-electron chi connectivity index (χ2n) is 5.86. The molecule has 0 atom stereocenters. The molecule has 0 radical (unpaired) electrons. The third kappa shape index (κ3) is 4.74. The molecule has 4 nitrogen and oxygen atoms in total. The zero-order valence-corrected chi connectivity index (χ0v) is 15.9. The molecule has 24 heavy (non-hydrogen) atoms. The van der Waals surface area contributed by atoms with Gasteiger partial charge >= 0.3 is 0 Å². The first-order chi connectivity index (χ1) is 11.4. The molecule has 2 aromatic rings. The Morgan fingerprint density at radius 2 is 2.00 bits per heavy atom. The van der Waals surface area contributed by atoms with Gasteiger partial charge in [-0.15, -0.1) is 0 Å². The molecule has 0 spiro atoms. The number of nitrogens with one attached hydrogen (secondary N) is 1. The smallest absolute Gasteiger partial charge is 0.262 e. The number of hydrogen-bond acceptors (Lipinski definition) is 3. The summed E-state index contributed by atoms with van der Waals surface area (Å²) in [5, 5.41) is 2.81. The van der Waals surface area contributed by atoms with Crippen LogP contribution in [0.15, 0.2) is 40.9 Å². The number of rotatable bonds is 6. The maximum Gasteiger partial charge on any atom is 0.262 e. The molecule has 0 aromatic heterocycles. The summed E-state index contributed by atoms with van der Waals surface area (Å²) in [5.74, 6) is 1.53. The lowest BCUT2D eigenvalue weighted by Crippen LogP contribution is -2.20. The van der Waals surface area contributed by atoms with Gasteiger partial charge in [-0.1, -0.05) is 35.8 Å². The number of amides is 1. The maximum absolute atomic E-state index is 12.1. The number of carbonyl (C=O) groups is 1. The van der Waals surface area contributed by atoms with Gasteiger partial charge in [-0.2, -0.15) is 0 Å². The van der Waals surface area contributed by atoms with Crippen molar-refractivity contribution in [2.45, 2.75) is 26.7 Å². The van der Waals surface area contributed by atoms with E-state index in [0.29, 0.717) is 17.4 Å². The van der Waals surface area contributed by atoms with Crippen LogP contribution < -0.4 is 14.8 Å². The number of anilines is 1. The fourth-order valence-corrected chi connectivity index (χ4v) is 2.65. The van der Waals surface area contributed by atoms with Crippen LogP contribution >= 0.6 is 15.9 Å². The highest BCUT2D eigenvalue weighted by Crippen LogP contribution is 2.32. The van der Waals surface area contributed by atoms with Gasteiger partial charge in [-0.25, -0.2) is 0 Å². The van der Waals surface area contributed by atoms with Gasteiger partial charge < -0.3 is 14.8 Å². The Kier molecular flexibility index (Phi) is 6.26.